The molecule has 31 heavy (non-hydrogen) atoms. The molecule has 2 aliphatic heterocycles. The summed E-state index contributed by atoms with van der Waals surface area (Å²) in [6.45, 7) is 4.32. The molecule has 2 amide bonds. The molecule has 1 saturated heterocycles. The SMILES string of the molecule is CC(C)[C@@H]1NC(=O)OCCC/C=C/c2cccc(c2)CO[C@@H]2C[C@@H](C(=O)O)N(C2)C1=O. The van der Waals surface area contributed by atoms with Crippen molar-refractivity contribution in [2.45, 2.75) is 57.9 Å². The second-order valence-electron chi connectivity index (χ2n) is 8.30. The Labute approximate surface area is 182 Å². The molecule has 0 saturated carbocycles. The minimum Gasteiger partial charge on any atom is -0.480 e. The van der Waals surface area contributed by atoms with E-state index >= 15 is 0 Å². The number of alkyl carbamates (subject to hydrolysis) is 1. The third-order valence-electron chi connectivity index (χ3n) is 5.53. The lowest BCUT2D eigenvalue weighted by molar-refractivity contribution is -0.149. The summed E-state index contributed by atoms with van der Waals surface area (Å²) in [6, 6.07) is 6.05. The monoisotopic (exact) mass is 430 g/mol. The number of hydrogen-bond acceptors (Lipinski definition) is 5. The van der Waals surface area contributed by atoms with Crippen LogP contribution in [0, 0.1) is 5.92 Å². The molecule has 8 nitrogen and oxygen atoms in total. The quantitative estimate of drug-likeness (QED) is 0.748. The predicted octanol–water partition coefficient (Wildman–Crippen LogP) is 2.82. The van der Waals surface area contributed by atoms with Gasteiger partial charge < -0.3 is 24.8 Å². The van der Waals surface area contributed by atoms with Crippen LogP contribution in [-0.2, 0) is 25.7 Å². The van der Waals surface area contributed by atoms with Crippen molar-refractivity contribution in [3.8, 4) is 0 Å². The van der Waals surface area contributed by atoms with Crippen LogP contribution < -0.4 is 5.32 Å². The Morgan fingerprint density at radius 1 is 1.29 bits per heavy atom. The molecule has 0 aromatic heterocycles. The van der Waals surface area contributed by atoms with E-state index in [1.807, 2.05) is 36.4 Å². The molecule has 2 heterocycles. The molecule has 0 radical (unpaired) electrons. The number of aliphatic carboxylic acids is 1. The van der Waals surface area contributed by atoms with Crippen molar-refractivity contribution in [1.82, 2.24) is 10.2 Å². The number of carbonyl (C=O) groups excluding carboxylic acids is 2. The number of hydrogen-bond donors (Lipinski definition) is 2. The first-order chi connectivity index (χ1) is 14.8. The highest BCUT2D eigenvalue weighted by atomic mass is 16.5. The maximum atomic E-state index is 13.2. The first-order valence-corrected chi connectivity index (χ1v) is 10.7. The van der Waals surface area contributed by atoms with Crippen LogP contribution in [0.25, 0.3) is 6.08 Å². The number of ether oxygens (including phenoxy) is 2. The van der Waals surface area contributed by atoms with E-state index in [1.165, 1.54) is 4.90 Å². The number of cyclic esters (lactones) is 1. The number of fused-ring (bicyclic) bond motifs is 4. The van der Waals surface area contributed by atoms with E-state index in [0.717, 1.165) is 17.5 Å². The minimum atomic E-state index is -1.08. The Bertz CT molecular complexity index is 837. The highest BCUT2D eigenvalue weighted by Gasteiger charge is 2.43. The van der Waals surface area contributed by atoms with Gasteiger partial charge >= 0.3 is 12.1 Å². The van der Waals surface area contributed by atoms with Crippen LogP contribution in [0.4, 0.5) is 4.79 Å². The standard InChI is InChI=1S/C23H30N2O6/c1-15(2)20-21(26)25-13-18(12-19(25)22(27)28)31-14-17-9-6-8-16(11-17)7-4-3-5-10-30-23(29)24-20/h4,6-9,11,15,18-20H,3,5,10,12-14H2,1-2H3,(H,24,29)(H,27,28)/b7-4+/t18-,19+,20+/m1/s1. The van der Waals surface area contributed by atoms with Gasteiger partial charge in [0.05, 0.1) is 19.3 Å². The summed E-state index contributed by atoms with van der Waals surface area (Å²) < 4.78 is 11.2. The number of allylic oxidation sites excluding steroid dienone is 1. The summed E-state index contributed by atoms with van der Waals surface area (Å²) in [4.78, 5) is 38.5. The van der Waals surface area contributed by atoms with E-state index in [-0.39, 0.29) is 25.5 Å². The molecule has 0 unspecified atom stereocenters. The van der Waals surface area contributed by atoms with E-state index in [2.05, 4.69) is 5.32 Å². The van der Waals surface area contributed by atoms with Gasteiger partial charge in [0.1, 0.15) is 12.1 Å². The van der Waals surface area contributed by atoms with Gasteiger partial charge in [-0.25, -0.2) is 9.59 Å². The molecule has 2 N–H and O–H groups in total. The molecule has 0 spiro atoms. The summed E-state index contributed by atoms with van der Waals surface area (Å²) in [5.74, 6) is -1.75. The molecule has 2 aliphatic rings. The van der Waals surface area contributed by atoms with E-state index in [1.54, 1.807) is 13.8 Å². The normalized spacial score (nSPS) is 26.5. The molecule has 0 aliphatic carbocycles. The lowest BCUT2D eigenvalue weighted by atomic mass is 10.0. The number of carboxylic acid groups (broad SMARTS) is 1. The Kier molecular flexibility index (Phi) is 7.68. The fourth-order valence-electron chi connectivity index (χ4n) is 3.84. The maximum Gasteiger partial charge on any atom is 0.407 e. The Morgan fingerprint density at radius 2 is 2.10 bits per heavy atom. The van der Waals surface area contributed by atoms with Gasteiger partial charge in [-0.15, -0.1) is 0 Å². The second kappa shape index (κ2) is 10.4. The third kappa shape index (κ3) is 6.07. The van der Waals surface area contributed by atoms with Crippen molar-refractivity contribution in [3.05, 3.63) is 41.5 Å². The smallest absolute Gasteiger partial charge is 0.407 e. The number of benzene rings is 1. The molecule has 3 atom stereocenters. The Hall–Kier alpha value is -2.87. The van der Waals surface area contributed by atoms with Gasteiger partial charge in [0.2, 0.25) is 5.91 Å². The fraction of sp³-hybridized carbons (Fsp3) is 0.522. The number of carbonyl (C=O) groups is 3. The van der Waals surface area contributed by atoms with E-state index in [0.29, 0.717) is 13.0 Å². The molecule has 168 valence electrons. The number of nitrogens with one attached hydrogen (secondary N) is 1. The average Bonchev–Trinajstić information content (AvgIpc) is 3.17. The topological polar surface area (TPSA) is 105 Å². The number of nitrogens with zero attached hydrogens (tertiary/aromatic N) is 1. The van der Waals surface area contributed by atoms with Crippen molar-refractivity contribution in [2.75, 3.05) is 13.2 Å². The zero-order valence-electron chi connectivity index (χ0n) is 18.0. The largest absolute Gasteiger partial charge is 0.480 e. The van der Waals surface area contributed by atoms with Crippen LogP contribution in [0.2, 0.25) is 0 Å². The number of amides is 2. The maximum absolute atomic E-state index is 13.2. The molecular weight excluding hydrogens is 400 g/mol. The Morgan fingerprint density at radius 3 is 2.84 bits per heavy atom. The molecule has 1 aromatic carbocycles. The lowest BCUT2D eigenvalue weighted by Crippen LogP contribution is -2.54. The summed E-state index contributed by atoms with van der Waals surface area (Å²) in [6.07, 6.45) is 4.57. The fourth-order valence-corrected chi connectivity index (χ4v) is 3.84. The van der Waals surface area contributed by atoms with Crippen LogP contribution in [0.3, 0.4) is 0 Å². The zero-order valence-corrected chi connectivity index (χ0v) is 18.0. The molecular formula is C23H30N2O6. The van der Waals surface area contributed by atoms with Gasteiger partial charge in [-0.05, 0) is 36.0 Å². The average molecular weight is 431 g/mol. The van der Waals surface area contributed by atoms with Crippen molar-refractivity contribution in [2.24, 2.45) is 5.92 Å². The van der Waals surface area contributed by atoms with E-state index < -0.39 is 36.2 Å². The van der Waals surface area contributed by atoms with Gasteiger partial charge in [0, 0.05) is 13.0 Å². The molecule has 8 heteroatoms. The van der Waals surface area contributed by atoms with Crippen LogP contribution in [0.1, 0.15) is 44.2 Å². The van der Waals surface area contributed by atoms with E-state index in [9.17, 15) is 19.5 Å². The lowest BCUT2D eigenvalue weighted by Gasteiger charge is -2.29. The second-order valence-corrected chi connectivity index (χ2v) is 8.30. The zero-order chi connectivity index (χ0) is 22.4. The van der Waals surface area contributed by atoms with Gasteiger partial charge in [-0.3, -0.25) is 4.79 Å². The van der Waals surface area contributed by atoms with E-state index in [4.69, 9.17) is 9.47 Å². The van der Waals surface area contributed by atoms with Crippen molar-refractivity contribution in [3.63, 3.8) is 0 Å². The van der Waals surface area contributed by atoms with Crippen LogP contribution >= 0.6 is 0 Å². The molecule has 3 rings (SSSR count). The minimum absolute atomic E-state index is 0.162. The third-order valence-corrected chi connectivity index (χ3v) is 5.53. The van der Waals surface area contributed by atoms with Gasteiger partial charge in [-0.2, -0.15) is 0 Å². The summed E-state index contributed by atoms with van der Waals surface area (Å²) in [5, 5.41) is 12.3. The number of carboxylic acids is 1. The Balaban J connectivity index is 1.83. The predicted molar refractivity (Wildman–Crippen MR) is 114 cm³/mol. The first kappa shape index (κ1) is 22.8. The van der Waals surface area contributed by atoms with Crippen molar-refractivity contribution < 1.29 is 29.0 Å². The molecule has 1 fully saturated rings. The summed E-state index contributed by atoms with van der Waals surface area (Å²) >= 11 is 0. The highest BCUT2D eigenvalue weighted by Crippen LogP contribution is 2.24. The van der Waals surface area contributed by atoms with Crippen LogP contribution in [0.5, 0.6) is 0 Å². The number of rotatable bonds is 2. The van der Waals surface area contributed by atoms with Crippen molar-refractivity contribution >= 4 is 24.0 Å². The van der Waals surface area contributed by atoms with Gasteiger partial charge in [0.25, 0.3) is 0 Å². The van der Waals surface area contributed by atoms with Crippen LogP contribution in [-0.4, -0.2) is 59.3 Å². The van der Waals surface area contributed by atoms with Crippen LogP contribution in [0.15, 0.2) is 30.3 Å². The summed E-state index contributed by atoms with van der Waals surface area (Å²) in [5.41, 5.74) is 2.02. The van der Waals surface area contributed by atoms with Gasteiger partial charge in [-0.1, -0.05) is 44.2 Å². The first-order valence-electron chi connectivity index (χ1n) is 10.7. The van der Waals surface area contributed by atoms with Gasteiger partial charge in [0.15, 0.2) is 0 Å². The summed E-state index contributed by atoms with van der Waals surface area (Å²) in [7, 11) is 0. The van der Waals surface area contributed by atoms with Crippen molar-refractivity contribution in [1.29, 1.82) is 0 Å². The molecule has 1 aromatic rings. The molecule has 4 bridgehead atoms. The highest BCUT2D eigenvalue weighted by molar-refractivity contribution is 5.90.